The maximum absolute atomic E-state index is 12.5. The molecule has 1 rings (SSSR count). The fourth-order valence-corrected chi connectivity index (χ4v) is 1.94. The number of nitrogens with zero attached hydrogens (tertiary/aromatic N) is 4. The molecule has 2 amide bonds. The van der Waals surface area contributed by atoms with Gasteiger partial charge < -0.3 is 10.5 Å². The molecule has 0 fully saturated rings. The summed E-state index contributed by atoms with van der Waals surface area (Å²) < 4.78 is 6.81. The van der Waals surface area contributed by atoms with Gasteiger partial charge in [0.05, 0.1) is 11.4 Å². The number of ether oxygens (including phenoxy) is 1. The Bertz CT molecular complexity index is 603. The highest BCUT2D eigenvalue weighted by Crippen LogP contribution is 2.17. The lowest BCUT2D eigenvalue weighted by Crippen LogP contribution is -2.35. The predicted octanol–water partition coefficient (Wildman–Crippen LogP) is 1.55. The summed E-state index contributed by atoms with van der Waals surface area (Å²) in [5.74, 6) is -0.540. The van der Waals surface area contributed by atoms with Crippen LogP contribution in [0.1, 0.15) is 59.2 Å². The van der Waals surface area contributed by atoms with Gasteiger partial charge in [-0.15, -0.1) is 5.10 Å². The number of hydrogen-bond acceptors (Lipinski definition) is 6. The number of unbranched alkanes of at least 4 members (excludes halogenated alkanes) is 1. The highest BCUT2D eigenvalue weighted by molar-refractivity contribution is 6.03. The zero-order valence-electron chi connectivity index (χ0n) is 14.9. The molecule has 24 heavy (non-hydrogen) atoms. The lowest BCUT2D eigenvalue weighted by molar-refractivity contribution is -0.157. The number of aromatic nitrogens is 3. The summed E-state index contributed by atoms with van der Waals surface area (Å²) in [5.41, 5.74) is 7.52. The highest BCUT2D eigenvalue weighted by atomic mass is 16.6. The standard InChI is InChI=1S/C15H26N6O3/c1-6-7-8-11-9-21(20-18-11)12(10(2)17-19-14(16)23)13(22)24-15(3,4)5/h9,12H,6-8H2,1-5H3,(H3,16,19,23)/b17-10+. The van der Waals surface area contributed by atoms with E-state index >= 15 is 0 Å². The summed E-state index contributed by atoms with van der Waals surface area (Å²) in [7, 11) is 0. The Morgan fingerprint density at radius 1 is 1.46 bits per heavy atom. The molecule has 134 valence electrons. The Hall–Kier alpha value is -2.45. The molecule has 1 heterocycles. The predicted molar refractivity (Wildman–Crippen MR) is 89.3 cm³/mol. The molecule has 0 radical (unpaired) electrons. The Balaban J connectivity index is 3.08. The van der Waals surface area contributed by atoms with Crippen LogP contribution in [0.25, 0.3) is 0 Å². The van der Waals surface area contributed by atoms with Crippen molar-refractivity contribution < 1.29 is 14.3 Å². The first-order valence-corrected chi connectivity index (χ1v) is 7.87. The minimum Gasteiger partial charge on any atom is -0.458 e. The summed E-state index contributed by atoms with van der Waals surface area (Å²) >= 11 is 0. The molecule has 0 bridgehead atoms. The number of esters is 1. The third-order valence-corrected chi connectivity index (χ3v) is 2.98. The van der Waals surface area contributed by atoms with Crippen molar-refractivity contribution in [2.45, 2.75) is 65.5 Å². The smallest absolute Gasteiger partial charge is 0.337 e. The van der Waals surface area contributed by atoms with Crippen LogP contribution in [0.3, 0.4) is 0 Å². The van der Waals surface area contributed by atoms with E-state index in [0.717, 1.165) is 25.0 Å². The topological polar surface area (TPSA) is 124 Å². The van der Waals surface area contributed by atoms with Crippen LogP contribution in [0.4, 0.5) is 4.79 Å². The van der Waals surface area contributed by atoms with E-state index in [0.29, 0.717) is 0 Å². The molecule has 9 nitrogen and oxygen atoms in total. The first-order chi connectivity index (χ1) is 11.1. The Morgan fingerprint density at radius 2 is 2.12 bits per heavy atom. The average Bonchev–Trinajstić information content (AvgIpc) is 2.89. The number of nitrogens with two attached hydrogens (primary N) is 1. The van der Waals surface area contributed by atoms with Crippen molar-refractivity contribution in [1.82, 2.24) is 20.4 Å². The molecule has 0 saturated heterocycles. The summed E-state index contributed by atoms with van der Waals surface area (Å²) in [6.45, 7) is 8.97. The van der Waals surface area contributed by atoms with Crippen LogP contribution in [-0.2, 0) is 16.0 Å². The van der Waals surface area contributed by atoms with Gasteiger partial charge in [-0.2, -0.15) is 5.10 Å². The van der Waals surface area contributed by atoms with E-state index in [4.69, 9.17) is 10.5 Å². The van der Waals surface area contributed by atoms with Gasteiger partial charge >= 0.3 is 12.0 Å². The lowest BCUT2D eigenvalue weighted by atomic mass is 10.1. The molecule has 1 unspecified atom stereocenters. The summed E-state index contributed by atoms with van der Waals surface area (Å²) in [4.78, 5) is 23.4. The molecule has 0 aromatic carbocycles. The molecule has 3 N–H and O–H groups in total. The zero-order chi connectivity index (χ0) is 18.3. The molecule has 0 spiro atoms. The molecule has 0 aliphatic heterocycles. The summed E-state index contributed by atoms with van der Waals surface area (Å²) in [5, 5.41) is 11.9. The average molecular weight is 338 g/mol. The summed E-state index contributed by atoms with van der Waals surface area (Å²) in [6.07, 6.45) is 4.47. The monoisotopic (exact) mass is 338 g/mol. The minimum absolute atomic E-state index is 0.287. The lowest BCUT2D eigenvalue weighted by Gasteiger charge is -2.23. The molecule has 1 atom stereocenters. The maximum Gasteiger partial charge on any atom is 0.337 e. The second kappa shape index (κ2) is 8.42. The number of rotatable bonds is 7. The van der Waals surface area contributed by atoms with Crippen LogP contribution in [0, 0.1) is 0 Å². The number of carbonyl (C=O) groups excluding carboxylic acids is 2. The van der Waals surface area contributed by atoms with Crippen LogP contribution in [0.2, 0.25) is 0 Å². The Morgan fingerprint density at radius 3 is 2.67 bits per heavy atom. The minimum atomic E-state index is -0.932. The summed E-state index contributed by atoms with van der Waals surface area (Å²) in [6, 6.07) is -1.75. The van der Waals surface area contributed by atoms with Crippen LogP contribution >= 0.6 is 0 Å². The van der Waals surface area contributed by atoms with Crippen LogP contribution in [0.15, 0.2) is 11.3 Å². The normalized spacial score (nSPS) is 13.5. The molecule has 0 aliphatic rings. The number of hydrogen-bond donors (Lipinski definition) is 2. The molecule has 1 aromatic heterocycles. The van der Waals surface area contributed by atoms with Crippen LogP contribution in [-0.4, -0.2) is 38.3 Å². The van der Waals surface area contributed by atoms with Gasteiger partial charge in [0, 0.05) is 6.20 Å². The number of hydrazone groups is 1. The van der Waals surface area contributed by atoms with E-state index in [-0.39, 0.29) is 5.71 Å². The van der Waals surface area contributed by atoms with E-state index in [9.17, 15) is 9.59 Å². The quantitative estimate of drug-likeness (QED) is 0.443. The largest absolute Gasteiger partial charge is 0.458 e. The number of primary amides is 1. The molecule has 0 aliphatic carbocycles. The Kier molecular flexibility index (Phi) is 6.87. The van der Waals surface area contributed by atoms with Gasteiger partial charge in [0.25, 0.3) is 0 Å². The zero-order valence-corrected chi connectivity index (χ0v) is 14.9. The Labute approximate surface area is 141 Å². The fraction of sp³-hybridized carbons (Fsp3) is 0.667. The van der Waals surface area contributed by atoms with Crippen LogP contribution in [0.5, 0.6) is 0 Å². The van der Waals surface area contributed by atoms with Crippen molar-refractivity contribution in [3.8, 4) is 0 Å². The van der Waals surface area contributed by atoms with Crippen molar-refractivity contribution in [1.29, 1.82) is 0 Å². The third-order valence-electron chi connectivity index (χ3n) is 2.98. The maximum atomic E-state index is 12.5. The number of carbonyl (C=O) groups is 2. The van der Waals surface area contributed by atoms with Crippen molar-refractivity contribution in [3.05, 3.63) is 11.9 Å². The van der Waals surface area contributed by atoms with E-state index in [2.05, 4.69) is 27.8 Å². The first kappa shape index (κ1) is 19.6. The van der Waals surface area contributed by atoms with Crippen molar-refractivity contribution in [2.24, 2.45) is 10.8 Å². The van der Waals surface area contributed by atoms with Crippen LogP contribution < -0.4 is 11.2 Å². The van der Waals surface area contributed by atoms with E-state index in [1.807, 2.05) is 0 Å². The number of aryl methyl sites for hydroxylation is 1. The second-order valence-electron chi connectivity index (χ2n) is 6.46. The highest BCUT2D eigenvalue weighted by Gasteiger charge is 2.30. The van der Waals surface area contributed by atoms with Gasteiger partial charge in [0.15, 0.2) is 6.04 Å². The van der Waals surface area contributed by atoms with Crippen molar-refractivity contribution in [3.63, 3.8) is 0 Å². The fourth-order valence-electron chi connectivity index (χ4n) is 1.94. The third kappa shape index (κ3) is 6.35. The SMILES string of the molecule is CCCCc1cn(C(C(=O)OC(C)(C)C)/C(C)=N/NC(N)=O)nn1. The van der Waals surface area contributed by atoms with Gasteiger partial charge in [-0.1, -0.05) is 18.6 Å². The van der Waals surface area contributed by atoms with Gasteiger partial charge in [0.2, 0.25) is 0 Å². The van der Waals surface area contributed by atoms with Crippen molar-refractivity contribution >= 4 is 17.7 Å². The van der Waals surface area contributed by atoms with E-state index in [1.54, 1.807) is 33.9 Å². The van der Waals surface area contributed by atoms with Crippen molar-refractivity contribution in [2.75, 3.05) is 0 Å². The van der Waals surface area contributed by atoms with Gasteiger partial charge in [-0.05, 0) is 40.5 Å². The number of amides is 2. The van der Waals surface area contributed by atoms with E-state index < -0.39 is 23.6 Å². The second-order valence-corrected chi connectivity index (χ2v) is 6.46. The molecule has 9 heteroatoms. The molecular weight excluding hydrogens is 312 g/mol. The van der Waals surface area contributed by atoms with Gasteiger partial charge in [0.1, 0.15) is 5.60 Å². The first-order valence-electron chi connectivity index (χ1n) is 7.87. The molecule has 0 saturated carbocycles. The van der Waals surface area contributed by atoms with Gasteiger partial charge in [-0.3, -0.25) is 0 Å². The number of nitrogens with one attached hydrogen (secondary N) is 1. The molecular formula is C15H26N6O3. The van der Waals surface area contributed by atoms with Gasteiger partial charge in [-0.25, -0.2) is 19.7 Å². The molecule has 1 aromatic rings. The van der Waals surface area contributed by atoms with E-state index in [1.165, 1.54) is 4.68 Å². The number of urea groups is 1.